The average Bonchev–Trinajstić information content (AvgIpc) is 3.13. The van der Waals surface area contributed by atoms with E-state index in [1.54, 1.807) is 0 Å². The molecule has 3 rings (SSSR count). The molecule has 2 aliphatic rings. The van der Waals surface area contributed by atoms with Gasteiger partial charge in [-0.05, 0) is 48.9 Å². The summed E-state index contributed by atoms with van der Waals surface area (Å²) < 4.78 is 5.52. The van der Waals surface area contributed by atoms with Crippen LogP contribution in [-0.2, 0) is 28.8 Å². The summed E-state index contributed by atoms with van der Waals surface area (Å²) in [5.74, 6) is 0.337. The van der Waals surface area contributed by atoms with Gasteiger partial charge >= 0.3 is 0 Å². The predicted molar refractivity (Wildman–Crippen MR) is 83.6 cm³/mol. The maximum Gasteiger partial charge on any atom is 0.144 e. The highest BCUT2D eigenvalue weighted by molar-refractivity contribution is 5.84. The molecule has 2 unspecified atom stereocenters. The van der Waals surface area contributed by atoms with Gasteiger partial charge < -0.3 is 10.1 Å². The van der Waals surface area contributed by atoms with Crippen molar-refractivity contribution in [1.29, 1.82) is 0 Å². The minimum atomic E-state index is 0.0183. The van der Waals surface area contributed by atoms with Crippen molar-refractivity contribution in [2.45, 2.75) is 45.1 Å². The van der Waals surface area contributed by atoms with E-state index in [0.717, 1.165) is 13.0 Å². The van der Waals surface area contributed by atoms with E-state index in [4.69, 9.17) is 4.74 Å². The molecule has 3 heteroatoms. The molecule has 3 nitrogen and oxygen atoms in total. The van der Waals surface area contributed by atoms with Gasteiger partial charge in [-0.3, -0.25) is 4.79 Å². The highest BCUT2D eigenvalue weighted by Gasteiger charge is 2.33. The van der Waals surface area contributed by atoms with Gasteiger partial charge in [0.25, 0.3) is 0 Å². The number of carbonyl (C=O) groups is 1. The zero-order valence-electron chi connectivity index (χ0n) is 12.9. The Morgan fingerprint density at radius 1 is 1.29 bits per heavy atom. The van der Waals surface area contributed by atoms with Crippen LogP contribution in [0.3, 0.4) is 0 Å². The van der Waals surface area contributed by atoms with Crippen molar-refractivity contribution in [3.8, 4) is 0 Å². The molecule has 1 heterocycles. The molecule has 1 aromatic carbocycles. The number of ether oxygens (including phenoxy) is 1. The third-order valence-electron chi connectivity index (χ3n) is 4.69. The average molecular weight is 287 g/mol. The molecule has 0 amide bonds. The molecule has 0 radical (unpaired) electrons. The summed E-state index contributed by atoms with van der Waals surface area (Å²) in [5.41, 5.74) is 4.09. The summed E-state index contributed by atoms with van der Waals surface area (Å²) in [6.07, 6.45) is 5.26. The minimum Gasteiger partial charge on any atom is -0.379 e. The number of benzene rings is 1. The second kappa shape index (κ2) is 6.71. The van der Waals surface area contributed by atoms with Crippen molar-refractivity contribution in [3.05, 3.63) is 34.9 Å². The Balaban J connectivity index is 1.63. The lowest BCUT2D eigenvalue weighted by atomic mass is 9.92. The third kappa shape index (κ3) is 3.35. The second-order valence-electron chi connectivity index (χ2n) is 6.30. The highest BCUT2D eigenvalue weighted by Crippen LogP contribution is 2.24. The molecule has 114 valence electrons. The summed E-state index contributed by atoms with van der Waals surface area (Å²) in [6, 6.07) is 6.78. The summed E-state index contributed by atoms with van der Waals surface area (Å²) >= 11 is 0. The molecule has 1 aliphatic heterocycles. The largest absolute Gasteiger partial charge is 0.379 e. The SMILES string of the molecule is CCCNC1COCC1C(=O)Cc1ccc2c(c1)CCC2. The fraction of sp³-hybridized carbons (Fsp3) is 0.611. The van der Waals surface area contributed by atoms with Crippen LogP contribution in [0.4, 0.5) is 0 Å². The van der Waals surface area contributed by atoms with E-state index in [2.05, 4.69) is 30.4 Å². The van der Waals surface area contributed by atoms with Crippen LogP contribution in [0, 0.1) is 5.92 Å². The zero-order valence-corrected chi connectivity index (χ0v) is 12.9. The molecule has 0 spiro atoms. The van der Waals surface area contributed by atoms with Crippen molar-refractivity contribution in [3.63, 3.8) is 0 Å². The molecule has 1 fully saturated rings. The molecule has 1 saturated heterocycles. The first-order chi connectivity index (χ1) is 10.3. The first kappa shape index (κ1) is 14.7. The van der Waals surface area contributed by atoms with E-state index >= 15 is 0 Å². The first-order valence-electron chi connectivity index (χ1n) is 8.22. The standard InChI is InChI=1S/C18H25NO2/c1-2-8-19-17-12-21-11-16(17)18(20)10-13-6-7-14-4-3-5-15(14)9-13/h6-7,9,16-17,19H,2-5,8,10-12H2,1H3. The van der Waals surface area contributed by atoms with E-state index in [1.165, 1.54) is 36.0 Å². The van der Waals surface area contributed by atoms with Crippen LogP contribution in [0.5, 0.6) is 0 Å². The number of hydrogen-bond donors (Lipinski definition) is 1. The topological polar surface area (TPSA) is 38.3 Å². The Bertz CT molecular complexity index is 512. The van der Waals surface area contributed by atoms with Crippen molar-refractivity contribution in [2.75, 3.05) is 19.8 Å². The van der Waals surface area contributed by atoms with E-state index in [-0.39, 0.29) is 12.0 Å². The monoisotopic (exact) mass is 287 g/mol. The number of fused-ring (bicyclic) bond motifs is 1. The fourth-order valence-electron chi connectivity index (χ4n) is 3.47. The normalized spacial score (nSPS) is 24.2. The molecular formula is C18H25NO2. The highest BCUT2D eigenvalue weighted by atomic mass is 16.5. The summed E-state index contributed by atoms with van der Waals surface area (Å²) in [5, 5.41) is 3.44. The number of Topliss-reactive ketones (excluding diaryl/α,β-unsaturated/α-hetero) is 1. The van der Waals surface area contributed by atoms with E-state index in [1.807, 2.05) is 0 Å². The maximum atomic E-state index is 12.6. The molecule has 0 aromatic heterocycles. The third-order valence-corrected chi connectivity index (χ3v) is 4.69. The molecule has 0 saturated carbocycles. The van der Waals surface area contributed by atoms with Crippen molar-refractivity contribution in [1.82, 2.24) is 5.32 Å². The van der Waals surface area contributed by atoms with Crippen molar-refractivity contribution < 1.29 is 9.53 Å². The lowest BCUT2D eigenvalue weighted by Gasteiger charge is -2.18. The van der Waals surface area contributed by atoms with E-state index < -0.39 is 0 Å². The van der Waals surface area contributed by atoms with Crippen molar-refractivity contribution >= 4 is 5.78 Å². The number of aryl methyl sites for hydroxylation is 2. The summed E-state index contributed by atoms with van der Waals surface area (Å²) in [7, 11) is 0. The van der Waals surface area contributed by atoms with Gasteiger partial charge in [0, 0.05) is 12.5 Å². The molecule has 21 heavy (non-hydrogen) atoms. The van der Waals surface area contributed by atoms with E-state index in [0.29, 0.717) is 25.4 Å². The van der Waals surface area contributed by atoms with Gasteiger partial charge in [-0.1, -0.05) is 25.1 Å². The lowest BCUT2D eigenvalue weighted by molar-refractivity contribution is -0.122. The molecule has 2 atom stereocenters. The first-order valence-corrected chi connectivity index (χ1v) is 8.22. The van der Waals surface area contributed by atoms with Crippen molar-refractivity contribution in [2.24, 2.45) is 5.92 Å². The Morgan fingerprint density at radius 2 is 2.14 bits per heavy atom. The van der Waals surface area contributed by atoms with Gasteiger partial charge in [-0.25, -0.2) is 0 Å². The number of carbonyl (C=O) groups excluding carboxylic acids is 1. The number of rotatable bonds is 6. The van der Waals surface area contributed by atoms with E-state index in [9.17, 15) is 4.79 Å². The van der Waals surface area contributed by atoms with Crippen LogP contribution in [0.15, 0.2) is 18.2 Å². The summed E-state index contributed by atoms with van der Waals surface area (Å²) in [4.78, 5) is 12.6. The Labute approximate surface area is 127 Å². The van der Waals surface area contributed by atoms with Gasteiger partial charge in [0.05, 0.1) is 19.1 Å². The van der Waals surface area contributed by atoms with Crippen LogP contribution in [0.1, 0.15) is 36.5 Å². The van der Waals surface area contributed by atoms with Gasteiger partial charge in [-0.2, -0.15) is 0 Å². The van der Waals surface area contributed by atoms with Gasteiger partial charge in [0.1, 0.15) is 5.78 Å². The molecule has 1 N–H and O–H groups in total. The van der Waals surface area contributed by atoms with Crippen LogP contribution in [0.2, 0.25) is 0 Å². The molecule has 1 aliphatic carbocycles. The van der Waals surface area contributed by atoms with Gasteiger partial charge in [-0.15, -0.1) is 0 Å². The smallest absolute Gasteiger partial charge is 0.144 e. The fourth-order valence-corrected chi connectivity index (χ4v) is 3.47. The quantitative estimate of drug-likeness (QED) is 0.872. The number of ketones is 1. The minimum absolute atomic E-state index is 0.0183. The predicted octanol–water partition coefficient (Wildman–Crippen LogP) is 2.30. The zero-order chi connectivity index (χ0) is 14.7. The maximum absolute atomic E-state index is 12.6. The van der Waals surface area contributed by atoms with Crippen LogP contribution in [-0.4, -0.2) is 31.6 Å². The number of nitrogens with one attached hydrogen (secondary N) is 1. The van der Waals surface area contributed by atoms with Crippen LogP contribution >= 0.6 is 0 Å². The molecule has 1 aromatic rings. The lowest BCUT2D eigenvalue weighted by Crippen LogP contribution is -2.40. The van der Waals surface area contributed by atoms with Crippen LogP contribution in [0.25, 0.3) is 0 Å². The number of hydrogen-bond acceptors (Lipinski definition) is 3. The van der Waals surface area contributed by atoms with Crippen LogP contribution < -0.4 is 5.32 Å². The molecular weight excluding hydrogens is 262 g/mol. The van der Waals surface area contributed by atoms with Gasteiger partial charge in [0.2, 0.25) is 0 Å². The second-order valence-corrected chi connectivity index (χ2v) is 6.30. The van der Waals surface area contributed by atoms with Gasteiger partial charge in [0.15, 0.2) is 0 Å². The Hall–Kier alpha value is -1.19. The Kier molecular flexibility index (Phi) is 4.71. The Morgan fingerprint density at radius 3 is 3.00 bits per heavy atom. The summed E-state index contributed by atoms with van der Waals surface area (Å²) in [6.45, 7) is 4.34. The molecule has 0 bridgehead atoms.